The van der Waals surface area contributed by atoms with Crippen LogP contribution in [0, 0.1) is 6.92 Å². The van der Waals surface area contributed by atoms with Crippen molar-refractivity contribution >= 4 is 16.9 Å². The second-order valence-corrected chi connectivity index (χ2v) is 8.09. The van der Waals surface area contributed by atoms with Gasteiger partial charge in [0.05, 0.1) is 25.3 Å². The zero-order chi connectivity index (χ0) is 22.9. The van der Waals surface area contributed by atoms with Crippen LogP contribution >= 0.6 is 0 Å². The van der Waals surface area contributed by atoms with Gasteiger partial charge in [0, 0.05) is 24.7 Å². The first-order chi connectivity index (χ1) is 16.1. The smallest absolute Gasteiger partial charge is 0.278 e. The van der Waals surface area contributed by atoms with Gasteiger partial charge in [-0.05, 0) is 55.3 Å². The van der Waals surface area contributed by atoms with Gasteiger partial charge in [0.1, 0.15) is 11.5 Å². The number of benzene rings is 2. The number of carbonyl (C=O) groups is 1. The van der Waals surface area contributed by atoms with Crippen LogP contribution in [0.2, 0.25) is 0 Å². The molecule has 1 saturated heterocycles. The van der Waals surface area contributed by atoms with Crippen molar-refractivity contribution in [3.05, 3.63) is 53.9 Å². The maximum Gasteiger partial charge on any atom is 0.278 e. The molecule has 0 atom stereocenters. The summed E-state index contributed by atoms with van der Waals surface area (Å²) in [6, 6.07) is 14.2. The van der Waals surface area contributed by atoms with Gasteiger partial charge in [-0.1, -0.05) is 17.3 Å². The summed E-state index contributed by atoms with van der Waals surface area (Å²) in [7, 11) is 3.25. The van der Waals surface area contributed by atoms with Crippen molar-refractivity contribution in [3.63, 3.8) is 0 Å². The molecule has 1 aliphatic heterocycles. The molecule has 0 radical (unpaired) electrons. The summed E-state index contributed by atoms with van der Waals surface area (Å²) in [5.41, 5.74) is 3.76. The molecule has 1 aliphatic rings. The first-order valence-corrected chi connectivity index (χ1v) is 10.9. The Balaban J connectivity index is 1.48. The second-order valence-electron chi connectivity index (χ2n) is 8.09. The lowest BCUT2D eigenvalue weighted by Crippen LogP contribution is -2.39. The lowest BCUT2D eigenvalue weighted by Gasteiger charge is -2.33. The molecule has 4 aromatic rings. The maximum absolute atomic E-state index is 12.8. The number of likely N-dealkylation sites (tertiary alicyclic amines) is 1. The number of ether oxygens (including phenoxy) is 2. The third-order valence-corrected chi connectivity index (χ3v) is 6.21. The van der Waals surface area contributed by atoms with E-state index in [-0.39, 0.29) is 17.6 Å². The number of imidazole rings is 1. The fraction of sp³-hybridized carbons (Fsp3) is 0.333. The molecule has 0 saturated carbocycles. The van der Waals surface area contributed by atoms with Crippen molar-refractivity contribution in [2.75, 3.05) is 27.3 Å². The van der Waals surface area contributed by atoms with Gasteiger partial charge in [0.25, 0.3) is 5.91 Å². The van der Waals surface area contributed by atoms with Crippen LogP contribution in [0.4, 0.5) is 0 Å². The molecule has 5 rings (SSSR count). The fourth-order valence-electron chi connectivity index (χ4n) is 4.50. The predicted molar refractivity (Wildman–Crippen MR) is 121 cm³/mol. The van der Waals surface area contributed by atoms with E-state index in [1.54, 1.807) is 21.1 Å². The third-order valence-electron chi connectivity index (χ3n) is 6.21. The molecule has 0 N–H and O–H groups in total. The number of aromatic nitrogens is 4. The van der Waals surface area contributed by atoms with E-state index in [1.807, 2.05) is 41.3 Å². The number of para-hydroxylation sites is 2. The van der Waals surface area contributed by atoms with Gasteiger partial charge in [0.15, 0.2) is 17.2 Å². The second kappa shape index (κ2) is 8.57. The molecule has 1 amide bonds. The summed E-state index contributed by atoms with van der Waals surface area (Å²) >= 11 is 0. The molecule has 1 fully saturated rings. The zero-order valence-electron chi connectivity index (χ0n) is 18.8. The van der Waals surface area contributed by atoms with Gasteiger partial charge in [-0.25, -0.2) is 9.61 Å². The van der Waals surface area contributed by atoms with E-state index < -0.39 is 0 Å². The zero-order valence-corrected chi connectivity index (χ0v) is 18.8. The molecule has 0 unspecified atom stereocenters. The molecule has 0 aliphatic carbocycles. The SMILES string of the molecule is COc1ccc(-c2nc3ccccc3n2C2CCN(C(=O)c3nonc3C)CC2)cc1OC. The van der Waals surface area contributed by atoms with Gasteiger partial charge in [-0.15, -0.1) is 0 Å². The molecule has 33 heavy (non-hydrogen) atoms. The predicted octanol–water partition coefficient (Wildman–Crippen LogP) is 3.89. The van der Waals surface area contributed by atoms with Crippen molar-refractivity contribution in [3.8, 4) is 22.9 Å². The lowest BCUT2D eigenvalue weighted by atomic mass is 10.0. The number of hydrogen-bond acceptors (Lipinski definition) is 7. The van der Waals surface area contributed by atoms with Crippen molar-refractivity contribution < 1.29 is 18.9 Å². The molecule has 0 spiro atoms. The van der Waals surface area contributed by atoms with Crippen molar-refractivity contribution in [1.29, 1.82) is 0 Å². The molecule has 9 nitrogen and oxygen atoms in total. The normalized spacial score (nSPS) is 14.6. The maximum atomic E-state index is 12.8. The fourth-order valence-corrected chi connectivity index (χ4v) is 4.50. The highest BCUT2D eigenvalue weighted by Crippen LogP contribution is 2.37. The van der Waals surface area contributed by atoms with E-state index in [0.717, 1.165) is 35.3 Å². The Bertz CT molecular complexity index is 1300. The van der Waals surface area contributed by atoms with E-state index in [2.05, 4.69) is 20.9 Å². The number of methoxy groups -OCH3 is 2. The number of piperidine rings is 1. The Morgan fingerprint density at radius 3 is 2.48 bits per heavy atom. The van der Waals surface area contributed by atoms with E-state index >= 15 is 0 Å². The van der Waals surface area contributed by atoms with Gasteiger partial charge in [-0.2, -0.15) is 0 Å². The van der Waals surface area contributed by atoms with Crippen LogP contribution in [0.15, 0.2) is 47.1 Å². The average Bonchev–Trinajstić information content (AvgIpc) is 3.46. The Kier molecular flexibility index (Phi) is 5.45. The minimum absolute atomic E-state index is 0.136. The minimum Gasteiger partial charge on any atom is -0.493 e. The number of amides is 1. The number of rotatable bonds is 5. The standard InChI is InChI=1S/C24H25N5O4/c1-15-22(27-33-26-15)24(30)28-12-10-17(11-13-28)29-19-7-5-4-6-18(19)25-23(29)16-8-9-20(31-2)21(14-16)32-3/h4-9,14,17H,10-13H2,1-3H3. The van der Waals surface area contributed by atoms with E-state index in [1.165, 1.54) is 0 Å². The topological polar surface area (TPSA) is 95.5 Å². The Morgan fingerprint density at radius 1 is 1.03 bits per heavy atom. The Morgan fingerprint density at radius 2 is 1.79 bits per heavy atom. The van der Waals surface area contributed by atoms with Crippen LogP contribution in [-0.2, 0) is 0 Å². The van der Waals surface area contributed by atoms with Gasteiger partial charge in [-0.3, -0.25) is 4.79 Å². The molecule has 2 aromatic carbocycles. The van der Waals surface area contributed by atoms with Crippen LogP contribution in [0.1, 0.15) is 35.1 Å². The lowest BCUT2D eigenvalue weighted by molar-refractivity contribution is 0.0685. The minimum atomic E-state index is -0.136. The van der Waals surface area contributed by atoms with Crippen molar-refractivity contribution in [1.82, 2.24) is 24.8 Å². The Labute approximate surface area is 190 Å². The number of fused-ring (bicyclic) bond motifs is 1. The highest BCUT2D eigenvalue weighted by atomic mass is 16.6. The first-order valence-electron chi connectivity index (χ1n) is 10.9. The van der Waals surface area contributed by atoms with Crippen molar-refractivity contribution in [2.24, 2.45) is 0 Å². The number of carbonyl (C=O) groups excluding carboxylic acids is 1. The summed E-state index contributed by atoms with van der Waals surface area (Å²) in [6.45, 7) is 2.96. The summed E-state index contributed by atoms with van der Waals surface area (Å²) in [5.74, 6) is 2.07. The van der Waals surface area contributed by atoms with E-state index in [9.17, 15) is 4.79 Å². The average molecular weight is 447 g/mol. The molecule has 170 valence electrons. The number of nitrogens with zero attached hydrogens (tertiary/aromatic N) is 5. The van der Waals surface area contributed by atoms with Crippen LogP contribution in [-0.4, -0.2) is 58.0 Å². The summed E-state index contributed by atoms with van der Waals surface area (Å²) in [6.07, 6.45) is 1.60. The summed E-state index contributed by atoms with van der Waals surface area (Å²) in [5, 5.41) is 7.50. The number of aryl methyl sites for hydroxylation is 1. The quantitative estimate of drug-likeness (QED) is 0.458. The first kappa shape index (κ1) is 21.0. The molecular weight excluding hydrogens is 422 g/mol. The molecular formula is C24H25N5O4. The summed E-state index contributed by atoms with van der Waals surface area (Å²) < 4.78 is 17.9. The van der Waals surface area contributed by atoms with Crippen LogP contribution in [0.25, 0.3) is 22.4 Å². The highest BCUT2D eigenvalue weighted by Gasteiger charge is 2.30. The van der Waals surface area contributed by atoms with Crippen LogP contribution in [0.5, 0.6) is 11.5 Å². The summed E-state index contributed by atoms with van der Waals surface area (Å²) in [4.78, 5) is 19.6. The van der Waals surface area contributed by atoms with Crippen molar-refractivity contribution in [2.45, 2.75) is 25.8 Å². The van der Waals surface area contributed by atoms with Gasteiger partial charge in [0.2, 0.25) is 0 Å². The molecule has 0 bridgehead atoms. The van der Waals surface area contributed by atoms with E-state index in [4.69, 9.17) is 19.1 Å². The molecule has 3 heterocycles. The monoisotopic (exact) mass is 447 g/mol. The van der Waals surface area contributed by atoms with Crippen LogP contribution in [0.3, 0.4) is 0 Å². The van der Waals surface area contributed by atoms with E-state index in [0.29, 0.717) is 30.3 Å². The van der Waals surface area contributed by atoms with Crippen LogP contribution < -0.4 is 9.47 Å². The van der Waals surface area contributed by atoms with Gasteiger partial charge >= 0.3 is 0 Å². The Hall–Kier alpha value is -3.88. The molecule has 9 heteroatoms. The molecule has 2 aromatic heterocycles. The van der Waals surface area contributed by atoms with Gasteiger partial charge < -0.3 is 18.9 Å². The highest BCUT2D eigenvalue weighted by molar-refractivity contribution is 5.93. The third kappa shape index (κ3) is 3.69. The largest absolute Gasteiger partial charge is 0.493 e. The number of hydrogen-bond donors (Lipinski definition) is 0.